The van der Waals surface area contributed by atoms with Crippen LogP contribution in [-0.4, -0.2) is 22.7 Å². The highest BCUT2D eigenvalue weighted by Gasteiger charge is 2.14. The number of hydrogen-bond donors (Lipinski definition) is 3. The number of carbonyl (C=O) groups excluding carboxylic acids is 3. The molecule has 8 heteroatoms. The number of anilines is 3. The van der Waals surface area contributed by atoms with Crippen molar-refractivity contribution < 1.29 is 18.8 Å². The van der Waals surface area contributed by atoms with Gasteiger partial charge in [0.25, 0.3) is 11.8 Å². The van der Waals surface area contributed by atoms with Gasteiger partial charge in [0.1, 0.15) is 17.2 Å². The molecule has 0 saturated heterocycles. The Morgan fingerprint density at radius 1 is 0.724 bits per heavy atom. The monoisotopic (exact) mass is 392 g/mol. The molecule has 0 aliphatic carbocycles. The quantitative estimate of drug-likeness (QED) is 0.617. The van der Waals surface area contributed by atoms with Crippen LogP contribution in [-0.2, 0) is 4.79 Å². The van der Waals surface area contributed by atoms with E-state index in [4.69, 9.17) is 0 Å². The molecule has 0 aliphatic rings. The van der Waals surface area contributed by atoms with Crippen LogP contribution in [0.2, 0.25) is 0 Å². The van der Waals surface area contributed by atoms with Crippen molar-refractivity contribution in [1.29, 1.82) is 0 Å². The van der Waals surface area contributed by atoms with Gasteiger partial charge in [-0.1, -0.05) is 18.2 Å². The predicted octanol–water partition coefficient (Wildman–Crippen LogP) is 3.68. The topological polar surface area (TPSA) is 100 Å². The van der Waals surface area contributed by atoms with Crippen LogP contribution in [0.25, 0.3) is 0 Å². The first-order valence-electron chi connectivity index (χ1n) is 8.64. The SMILES string of the molecule is CC(=O)Nc1ccc(NC(=O)c2cccc(C(=O)Nc3ccccc3F)n2)cc1. The van der Waals surface area contributed by atoms with Gasteiger partial charge in [0.05, 0.1) is 5.69 Å². The second-order valence-electron chi connectivity index (χ2n) is 6.05. The molecular formula is C21H17FN4O3. The smallest absolute Gasteiger partial charge is 0.274 e. The van der Waals surface area contributed by atoms with E-state index in [1.807, 2.05) is 0 Å². The summed E-state index contributed by atoms with van der Waals surface area (Å²) in [5.41, 5.74) is 1.11. The molecule has 3 N–H and O–H groups in total. The highest BCUT2D eigenvalue weighted by atomic mass is 19.1. The zero-order valence-corrected chi connectivity index (χ0v) is 15.4. The summed E-state index contributed by atoms with van der Waals surface area (Å²) in [7, 11) is 0. The van der Waals surface area contributed by atoms with E-state index in [1.54, 1.807) is 30.3 Å². The van der Waals surface area contributed by atoms with Crippen molar-refractivity contribution >= 4 is 34.8 Å². The third-order valence-electron chi connectivity index (χ3n) is 3.80. The van der Waals surface area contributed by atoms with Gasteiger partial charge >= 0.3 is 0 Å². The number of hydrogen-bond acceptors (Lipinski definition) is 4. The first kappa shape index (κ1) is 19.7. The van der Waals surface area contributed by atoms with Crippen molar-refractivity contribution in [2.24, 2.45) is 0 Å². The zero-order valence-electron chi connectivity index (χ0n) is 15.4. The van der Waals surface area contributed by atoms with Crippen LogP contribution < -0.4 is 16.0 Å². The molecule has 0 unspecified atom stereocenters. The first-order chi connectivity index (χ1) is 13.9. The molecule has 0 atom stereocenters. The molecule has 3 aromatic rings. The molecule has 0 bridgehead atoms. The Bertz CT molecular complexity index is 1070. The number of nitrogens with zero attached hydrogens (tertiary/aromatic N) is 1. The number of aromatic nitrogens is 1. The van der Waals surface area contributed by atoms with Crippen molar-refractivity contribution in [2.75, 3.05) is 16.0 Å². The van der Waals surface area contributed by atoms with Gasteiger partial charge in [-0.25, -0.2) is 9.37 Å². The molecule has 0 spiro atoms. The Kier molecular flexibility index (Phi) is 5.94. The normalized spacial score (nSPS) is 10.1. The van der Waals surface area contributed by atoms with Crippen molar-refractivity contribution in [3.05, 3.63) is 83.9 Å². The molecule has 3 amide bonds. The fourth-order valence-electron chi connectivity index (χ4n) is 2.47. The fraction of sp³-hybridized carbons (Fsp3) is 0.0476. The molecule has 7 nitrogen and oxygen atoms in total. The number of carbonyl (C=O) groups is 3. The number of para-hydroxylation sites is 1. The second-order valence-corrected chi connectivity index (χ2v) is 6.05. The Morgan fingerprint density at radius 3 is 1.86 bits per heavy atom. The summed E-state index contributed by atoms with van der Waals surface area (Å²) in [6.45, 7) is 1.40. The Balaban J connectivity index is 1.70. The molecule has 3 rings (SSSR count). The maximum Gasteiger partial charge on any atom is 0.274 e. The van der Waals surface area contributed by atoms with Crippen molar-refractivity contribution in [2.45, 2.75) is 6.92 Å². The average Bonchev–Trinajstić information content (AvgIpc) is 2.71. The van der Waals surface area contributed by atoms with Crippen molar-refractivity contribution in [3.8, 4) is 0 Å². The summed E-state index contributed by atoms with van der Waals surface area (Å²) in [5, 5.41) is 7.70. The van der Waals surface area contributed by atoms with Gasteiger partial charge < -0.3 is 16.0 Å². The van der Waals surface area contributed by atoms with E-state index in [0.717, 1.165) is 0 Å². The number of halogens is 1. The summed E-state index contributed by atoms with van der Waals surface area (Å²) >= 11 is 0. The van der Waals surface area contributed by atoms with E-state index in [9.17, 15) is 18.8 Å². The van der Waals surface area contributed by atoms with Crippen molar-refractivity contribution in [3.63, 3.8) is 0 Å². The van der Waals surface area contributed by atoms with E-state index in [2.05, 4.69) is 20.9 Å². The van der Waals surface area contributed by atoms with Gasteiger partial charge in [0.2, 0.25) is 5.91 Å². The standard InChI is InChI=1S/C21H17FN4O3/c1-13(27)23-14-9-11-15(12-10-14)24-20(28)18-7-4-8-19(25-18)21(29)26-17-6-3-2-5-16(17)22/h2-12H,1H3,(H,23,27)(H,24,28)(H,26,29). The predicted molar refractivity (Wildman–Crippen MR) is 107 cm³/mol. The molecule has 1 heterocycles. The molecule has 29 heavy (non-hydrogen) atoms. The number of pyridine rings is 1. The van der Waals surface area contributed by atoms with Gasteiger partial charge in [-0.2, -0.15) is 0 Å². The fourth-order valence-corrected chi connectivity index (χ4v) is 2.47. The van der Waals surface area contributed by atoms with Crippen LogP contribution in [0.3, 0.4) is 0 Å². The Hall–Kier alpha value is -4.07. The molecule has 0 aliphatic heterocycles. The van der Waals surface area contributed by atoms with Gasteiger partial charge in [0, 0.05) is 18.3 Å². The lowest BCUT2D eigenvalue weighted by molar-refractivity contribution is -0.114. The highest BCUT2D eigenvalue weighted by molar-refractivity contribution is 6.06. The first-order valence-corrected chi connectivity index (χ1v) is 8.64. The number of rotatable bonds is 5. The summed E-state index contributed by atoms with van der Waals surface area (Å²) in [6.07, 6.45) is 0. The Morgan fingerprint density at radius 2 is 1.28 bits per heavy atom. The zero-order chi connectivity index (χ0) is 20.8. The van der Waals surface area contributed by atoms with E-state index >= 15 is 0 Å². The van der Waals surface area contributed by atoms with E-state index in [1.165, 1.54) is 43.3 Å². The maximum atomic E-state index is 13.7. The third kappa shape index (κ3) is 5.23. The van der Waals surface area contributed by atoms with Crippen LogP contribution in [0.4, 0.5) is 21.5 Å². The van der Waals surface area contributed by atoms with E-state index in [-0.39, 0.29) is 23.0 Å². The average molecular weight is 392 g/mol. The van der Waals surface area contributed by atoms with Crippen LogP contribution in [0.15, 0.2) is 66.7 Å². The number of amides is 3. The summed E-state index contributed by atoms with van der Waals surface area (Å²) in [6, 6.07) is 16.7. The van der Waals surface area contributed by atoms with Gasteiger partial charge in [0.15, 0.2) is 0 Å². The molecule has 2 aromatic carbocycles. The maximum absolute atomic E-state index is 13.7. The molecule has 0 radical (unpaired) electrons. The second kappa shape index (κ2) is 8.75. The third-order valence-corrected chi connectivity index (χ3v) is 3.80. The minimum absolute atomic E-state index is 0.0217. The molecule has 1 aromatic heterocycles. The lowest BCUT2D eigenvalue weighted by atomic mass is 10.2. The lowest BCUT2D eigenvalue weighted by Crippen LogP contribution is -2.19. The van der Waals surface area contributed by atoms with Crippen LogP contribution in [0, 0.1) is 5.82 Å². The largest absolute Gasteiger partial charge is 0.326 e. The molecule has 146 valence electrons. The molecule has 0 saturated carbocycles. The summed E-state index contributed by atoms with van der Waals surface area (Å²) < 4.78 is 13.7. The van der Waals surface area contributed by atoms with Crippen LogP contribution >= 0.6 is 0 Å². The summed E-state index contributed by atoms with van der Waals surface area (Å²) in [4.78, 5) is 39.8. The minimum atomic E-state index is -0.635. The summed E-state index contributed by atoms with van der Waals surface area (Å²) in [5.74, 6) is -1.92. The van der Waals surface area contributed by atoms with Crippen LogP contribution in [0.5, 0.6) is 0 Å². The van der Waals surface area contributed by atoms with Crippen molar-refractivity contribution in [1.82, 2.24) is 4.98 Å². The molecule has 0 fully saturated rings. The number of nitrogens with one attached hydrogen (secondary N) is 3. The van der Waals surface area contributed by atoms with E-state index < -0.39 is 17.6 Å². The minimum Gasteiger partial charge on any atom is -0.326 e. The highest BCUT2D eigenvalue weighted by Crippen LogP contribution is 2.16. The van der Waals surface area contributed by atoms with Gasteiger partial charge in [-0.05, 0) is 48.5 Å². The lowest BCUT2D eigenvalue weighted by Gasteiger charge is -2.08. The Labute approximate surface area is 166 Å². The molecular weight excluding hydrogens is 375 g/mol. The number of benzene rings is 2. The van der Waals surface area contributed by atoms with Gasteiger partial charge in [-0.3, -0.25) is 14.4 Å². The van der Waals surface area contributed by atoms with Crippen LogP contribution in [0.1, 0.15) is 27.9 Å². The van der Waals surface area contributed by atoms with Gasteiger partial charge in [-0.15, -0.1) is 0 Å². The van der Waals surface area contributed by atoms with E-state index in [0.29, 0.717) is 11.4 Å².